The average Bonchev–Trinajstić information content (AvgIpc) is 3.36. The van der Waals surface area contributed by atoms with Gasteiger partial charge in [-0.1, -0.05) is 25.1 Å². The van der Waals surface area contributed by atoms with Gasteiger partial charge < -0.3 is 29.0 Å². The molecule has 8 heteroatoms. The van der Waals surface area contributed by atoms with Gasteiger partial charge in [-0.2, -0.15) is 0 Å². The summed E-state index contributed by atoms with van der Waals surface area (Å²) >= 11 is 0. The number of carboxylic acid groups (broad SMARTS) is 1. The first-order valence-electron chi connectivity index (χ1n) is 13.2. The van der Waals surface area contributed by atoms with Crippen molar-refractivity contribution in [2.45, 2.75) is 58.5 Å². The molecule has 0 bridgehead atoms. The molecule has 0 radical (unpaired) electrons. The van der Waals surface area contributed by atoms with E-state index in [4.69, 9.17) is 18.9 Å². The number of ether oxygens (including phenoxy) is 4. The summed E-state index contributed by atoms with van der Waals surface area (Å²) in [7, 11) is 0. The van der Waals surface area contributed by atoms with E-state index in [2.05, 4.69) is 6.92 Å². The molecule has 0 saturated carbocycles. The lowest BCUT2D eigenvalue weighted by atomic mass is 10.1. The number of carbonyl (C=O) groups excluding carboxylic acids is 1. The molecule has 0 aliphatic heterocycles. The first-order chi connectivity index (χ1) is 18.0. The molecular formula is C29H39NO7. The number of aliphatic carboxylic acids is 1. The van der Waals surface area contributed by atoms with Gasteiger partial charge in [0.15, 0.2) is 6.10 Å². The second-order valence-corrected chi connectivity index (χ2v) is 9.08. The second kappa shape index (κ2) is 15.2. The molecule has 1 atom stereocenters. The molecule has 0 saturated heterocycles. The monoisotopic (exact) mass is 513 g/mol. The van der Waals surface area contributed by atoms with Crippen molar-refractivity contribution in [2.24, 2.45) is 0 Å². The Kier molecular flexibility index (Phi) is 11.7. The minimum Gasteiger partial charge on any atom is -0.492 e. The van der Waals surface area contributed by atoms with Gasteiger partial charge in [-0.05, 0) is 80.0 Å². The van der Waals surface area contributed by atoms with Crippen LogP contribution >= 0.6 is 0 Å². The van der Waals surface area contributed by atoms with Crippen LogP contribution in [-0.4, -0.2) is 67.7 Å². The summed E-state index contributed by atoms with van der Waals surface area (Å²) in [6.45, 7) is 6.63. The van der Waals surface area contributed by atoms with Crippen molar-refractivity contribution in [1.29, 1.82) is 0 Å². The lowest BCUT2D eigenvalue weighted by molar-refractivity contribution is -0.149. The smallest absolute Gasteiger partial charge is 0.415 e. The normalized spacial score (nSPS) is 13.1. The summed E-state index contributed by atoms with van der Waals surface area (Å²) in [4.78, 5) is 25.9. The maximum atomic E-state index is 13.0. The number of aryl methyl sites for hydroxylation is 2. The maximum absolute atomic E-state index is 13.0. The van der Waals surface area contributed by atoms with E-state index in [-0.39, 0.29) is 6.42 Å². The number of fused-ring (bicyclic) bond motifs is 1. The third kappa shape index (κ3) is 9.37. The molecule has 1 N–H and O–H groups in total. The Hall–Kier alpha value is -3.10. The molecule has 2 aromatic carbocycles. The zero-order chi connectivity index (χ0) is 26.5. The van der Waals surface area contributed by atoms with Crippen LogP contribution in [0.4, 0.5) is 4.79 Å². The molecule has 0 heterocycles. The topological polar surface area (TPSA) is 94.5 Å². The predicted molar refractivity (Wildman–Crippen MR) is 140 cm³/mol. The Bertz CT molecular complexity index is 992. The van der Waals surface area contributed by atoms with E-state index in [1.54, 1.807) is 24.0 Å². The molecule has 1 aliphatic rings. The lowest BCUT2D eigenvalue weighted by Gasteiger charge is -2.22. The SMILES string of the molecule is CCCOCCCN(CCOc1ccc(CC(OCC)C(=O)O)cc1)C(=O)Oc1ccc2c(c1)CCC2. The zero-order valence-electron chi connectivity index (χ0n) is 21.9. The highest BCUT2D eigenvalue weighted by molar-refractivity contribution is 5.72. The van der Waals surface area contributed by atoms with E-state index >= 15 is 0 Å². The largest absolute Gasteiger partial charge is 0.492 e. The van der Waals surface area contributed by atoms with Crippen molar-refractivity contribution < 1.29 is 33.6 Å². The summed E-state index contributed by atoms with van der Waals surface area (Å²) in [5.41, 5.74) is 3.44. The summed E-state index contributed by atoms with van der Waals surface area (Å²) < 4.78 is 22.4. The molecule has 1 unspecified atom stereocenters. The standard InChI is InChI=1S/C29H39NO7/c1-3-17-34-18-6-15-30(29(33)37-26-14-11-23-7-5-8-24(23)21-26)16-19-36-25-12-9-22(10-13-25)20-27(28(31)32)35-4-2/h9-14,21,27H,3-8,15-20H2,1-2H3,(H,31,32). The molecule has 202 valence electrons. The van der Waals surface area contributed by atoms with Gasteiger partial charge in [0.1, 0.15) is 18.1 Å². The third-order valence-electron chi connectivity index (χ3n) is 6.22. The van der Waals surface area contributed by atoms with Crippen LogP contribution in [0.15, 0.2) is 42.5 Å². The van der Waals surface area contributed by atoms with Crippen LogP contribution in [0.25, 0.3) is 0 Å². The van der Waals surface area contributed by atoms with Crippen molar-refractivity contribution in [3.63, 3.8) is 0 Å². The Morgan fingerprint density at radius 1 is 0.946 bits per heavy atom. The number of hydrogen-bond donors (Lipinski definition) is 1. The van der Waals surface area contributed by atoms with E-state index in [1.807, 2.05) is 30.3 Å². The van der Waals surface area contributed by atoms with E-state index in [0.717, 1.165) is 31.2 Å². The highest BCUT2D eigenvalue weighted by Crippen LogP contribution is 2.26. The van der Waals surface area contributed by atoms with Crippen LogP contribution in [0, 0.1) is 0 Å². The maximum Gasteiger partial charge on any atom is 0.415 e. The number of carbonyl (C=O) groups is 2. The fraction of sp³-hybridized carbons (Fsp3) is 0.517. The molecule has 1 aliphatic carbocycles. The predicted octanol–water partition coefficient (Wildman–Crippen LogP) is 4.90. The van der Waals surface area contributed by atoms with Crippen molar-refractivity contribution in [3.05, 3.63) is 59.2 Å². The van der Waals surface area contributed by atoms with E-state index in [0.29, 0.717) is 57.4 Å². The molecule has 8 nitrogen and oxygen atoms in total. The van der Waals surface area contributed by atoms with Crippen molar-refractivity contribution in [3.8, 4) is 11.5 Å². The van der Waals surface area contributed by atoms with Gasteiger partial charge in [0, 0.05) is 32.8 Å². The number of amides is 1. The molecular weight excluding hydrogens is 474 g/mol. The molecule has 0 spiro atoms. The first kappa shape index (κ1) is 28.5. The van der Waals surface area contributed by atoms with E-state index < -0.39 is 18.2 Å². The Morgan fingerprint density at radius 2 is 1.70 bits per heavy atom. The number of hydrogen-bond acceptors (Lipinski definition) is 6. The molecule has 1 amide bonds. The number of nitrogens with zero attached hydrogens (tertiary/aromatic N) is 1. The van der Waals surface area contributed by atoms with Gasteiger partial charge in [-0.25, -0.2) is 9.59 Å². The van der Waals surface area contributed by atoms with Crippen molar-refractivity contribution >= 4 is 12.1 Å². The fourth-order valence-corrected chi connectivity index (χ4v) is 4.30. The van der Waals surface area contributed by atoms with Crippen LogP contribution in [0.5, 0.6) is 11.5 Å². The highest BCUT2D eigenvalue weighted by Gasteiger charge is 2.19. The minimum absolute atomic E-state index is 0.284. The highest BCUT2D eigenvalue weighted by atomic mass is 16.6. The first-order valence-corrected chi connectivity index (χ1v) is 13.2. The Labute approximate surface area is 219 Å². The van der Waals surface area contributed by atoms with Gasteiger partial charge in [0.2, 0.25) is 0 Å². The van der Waals surface area contributed by atoms with Crippen molar-refractivity contribution in [1.82, 2.24) is 4.90 Å². The molecule has 2 aromatic rings. The van der Waals surface area contributed by atoms with Crippen LogP contribution < -0.4 is 9.47 Å². The van der Waals surface area contributed by atoms with Crippen molar-refractivity contribution in [2.75, 3.05) is 39.5 Å². The number of benzene rings is 2. The van der Waals surface area contributed by atoms with Crippen LogP contribution in [0.1, 0.15) is 49.8 Å². The lowest BCUT2D eigenvalue weighted by Crippen LogP contribution is -2.38. The quantitative estimate of drug-likeness (QED) is 0.319. The van der Waals surface area contributed by atoms with Gasteiger partial charge in [0.05, 0.1) is 6.54 Å². The Balaban J connectivity index is 1.53. The minimum atomic E-state index is -0.978. The molecule has 37 heavy (non-hydrogen) atoms. The molecule has 0 aromatic heterocycles. The third-order valence-corrected chi connectivity index (χ3v) is 6.22. The van der Waals surface area contributed by atoms with Crippen LogP contribution in [-0.2, 0) is 33.5 Å². The van der Waals surface area contributed by atoms with Crippen LogP contribution in [0.2, 0.25) is 0 Å². The van der Waals surface area contributed by atoms with Gasteiger partial charge in [-0.3, -0.25) is 0 Å². The van der Waals surface area contributed by atoms with Crippen LogP contribution in [0.3, 0.4) is 0 Å². The average molecular weight is 514 g/mol. The number of carboxylic acids is 1. The summed E-state index contributed by atoms with van der Waals surface area (Å²) in [5, 5.41) is 9.27. The molecule has 3 rings (SSSR count). The fourth-order valence-electron chi connectivity index (χ4n) is 4.30. The van der Waals surface area contributed by atoms with Gasteiger partial charge in [-0.15, -0.1) is 0 Å². The summed E-state index contributed by atoms with van der Waals surface area (Å²) in [6, 6.07) is 13.1. The van der Waals surface area contributed by atoms with E-state index in [1.165, 1.54) is 11.1 Å². The summed E-state index contributed by atoms with van der Waals surface area (Å²) in [5.74, 6) is 0.237. The summed E-state index contributed by atoms with van der Waals surface area (Å²) in [6.07, 6.45) is 3.92. The van der Waals surface area contributed by atoms with Gasteiger partial charge in [0.25, 0.3) is 0 Å². The second-order valence-electron chi connectivity index (χ2n) is 9.08. The molecule has 0 fully saturated rings. The van der Waals surface area contributed by atoms with E-state index in [9.17, 15) is 14.7 Å². The Morgan fingerprint density at radius 3 is 2.43 bits per heavy atom. The van der Waals surface area contributed by atoms with Gasteiger partial charge >= 0.3 is 12.1 Å². The number of rotatable bonds is 16. The zero-order valence-corrected chi connectivity index (χ0v) is 21.9.